The van der Waals surface area contributed by atoms with Crippen LogP contribution >= 0.6 is 0 Å². The predicted molar refractivity (Wildman–Crippen MR) is 67.1 cm³/mol. The second-order valence-corrected chi connectivity index (χ2v) is 4.38. The molecule has 1 saturated heterocycles. The number of aryl methyl sites for hydroxylation is 1. The van der Waals surface area contributed by atoms with Crippen LogP contribution < -0.4 is 5.32 Å². The van der Waals surface area contributed by atoms with E-state index in [1.54, 1.807) is 17.0 Å². The summed E-state index contributed by atoms with van der Waals surface area (Å²) in [5.41, 5.74) is 1.21. The number of carbonyl (C=O) groups is 2. The Kier molecular flexibility index (Phi) is 3.60. The lowest BCUT2D eigenvalue weighted by molar-refractivity contribution is -0.127. The molecule has 96 valence electrons. The van der Waals surface area contributed by atoms with Gasteiger partial charge in [-0.1, -0.05) is 13.0 Å². The van der Waals surface area contributed by atoms with E-state index < -0.39 is 0 Å². The van der Waals surface area contributed by atoms with Gasteiger partial charge in [-0.15, -0.1) is 0 Å². The lowest BCUT2D eigenvalue weighted by Gasteiger charge is -2.34. The Morgan fingerprint density at radius 3 is 3.00 bits per heavy atom. The topological polar surface area (TPSA) is 62.3 Å². The molecule has 1 aliphatic rings. The molecule has 2 heterocycles. The van der Waals surface area contributed by atoms with Gasteiger partial charge < -0.3 is 10.2 Å². The maximum atomic E-state index is 12.4. The van der Waals surface area contributed by atoms with Gasteiger partial charge in [0.25, 0.3) is 5.91 Å². The first-order chi connectivity index (χ1) is 8.63. The van der Waals surface area contributed by atoms with Gasteiger partial charge in [0.15, 0.2) is 0 Å². The average Bonchev–Trinajstić information content (AvgIpc) is 2.37. The molecule has 0 aliphatic carbocycles. The van der Waals surface area contributed by atoms with E-state index in [4.69, 9.17) is 0 Å². The van der Waals surface area contributed by atoms with E-state index in [0.717, 1.165) is 5.69 Å². The molecule has 0 bridgehead atoms. The minimum absolute atomic E-state index is 0.0789. The number of piperazine rings is 1. The molecule has 0 radical (unpaired) electrons. The Labute approximate surface area is 106 Å². The van der Waals surface area contributed by atoms with Gasteiger partial charge in [-0.05, 0) is 25.5 Å². The molecule has 1 atom stereocenters. The molecule has 0 saturated carbocycles. The minimum atomic E-state index is -0.381. The van der Waals surface area contributed by atoms with E-state index in [1.807, 2.05) is 19.9 Å². The molecule has 2 amide bonds. The molecule has 2 rings (SSSR count). The largest absolute Gasteiger partial charge is 0.353 e. The fourth-order valence-corrected chi connectivity index (χ4v) is 2.17. The SMILES string of the molecule is CCC1C(=O)NCCN1C(=O)c1cccc(C)n1. The summed E-state index contributed by atoms with van der Waals surface area (Å²) in [7, 11) is 0. The molecule has 1 unspecified atom stereocenters. The third-order valence-corrected chi connectivity index (χ3v) is 3.09. The van der Waals surface area contributed by atoms with Crippen LogP contribution in [0.15, 0.2) is 18.2 Å². The van der Waals surface area contributed by atoms with Gasteiger partial charge in [0.05, 0.1) is 0 Å². The quantitative estimate of drug-likeness (QED) is 0.838. The minimum Gasteiger partial charge on any atom is -0.353 e. The standard InChI is InChI=1S/C13H17N3O2/c1-3-11-12(17)14-7-8-16(11)13(18)10-6-4-5-9(2)15-10/h4-6,11H,3,7-8H2,1-2H3,(H,14,17). The van der Waals surface area contributed by atoms with Crippen molar-refractivity contribution in [3.05, 3.63) is 29.6 Å². The van der Waals surface area contributed by atoms with Crippen LogP contribution in [0.1, 0.15) is 29.5 Å². The van der Waals surface area contributed by atoms with Crippen LogP contribution in [-0.2, 0) is 4.79 Å². The van der Waals surface area contributed by atoms with Crippen molar-refractivity contribution in [1.82, 2.24) is 15.2 Å². The Balaban J connectivity index is 2.24. The van der Waals surface area contributed by atoms with E-state index in [2.05, 4.69) is 10.3 Å². The molecule has 1 aliphatic heterocycles. The molecule has 1 aromatic rings. The zero-order valence-corrected chi connectivity index (χ0v) is 10.6. The molecule has 1 fully saturated rings. The van der Waals surface area contributed by atoms with Gasteiger partial charge >= 0.3 is 0 Å². The number of hydrogen-bond donors (Lipinski definition) is 1. The molecule has 0 aromatic carbocycles. The maximum Gasteiger partial charge on any atom is 0.273 e. The Hall–Kier alpha value is -1.91. The van der Waals surface area contributed by atoms with Gasteiger partial charge in [0.1, 0.15) is 11.7 Å². The summed E-state index contributed by atoms with van der Waals surface area (Å²) in [5, 5.41) is 2.78. The van der Waals surface area contributed by atoms with Crippen molar-refractivity contribution in [2.75, 3.05) is 13.1 Å². The normalized spacial score (nSPS) is 19.6. The van der Waals surface area contributed by atoms with Crippen molar-refractivity contribution >= 4 is 11.8 Å². The van der Waals surface area contributed by atoms with Crippen LogP contribution in [0.3, 0.4) is 0 Å². The number of nitrogens with one attached hydrogen (secondary N) is 1. The molecule has 0 spiro atoms. The van der Waals surface area contributed by atoms with Gasteiger partial charge in [-0.3, -0.25) is 9.59 Å². The van der Waals surface area contributed by atoms with Crippen molar-refractivity contribution in [1.29, 1.82) is 0 Å². The van der Waals surface area contributed by atoms with E-state index in [-0.39, 0.29) is 17.9 Å². The first-order valence-electron chi connectivity index (χ1n) is 6.16. The molecule has 1 N–H and O–H groups in total. The number of carbonyl (C=O) groups excluding carboxylic acids is 2. The molecular weight excluding hydrogens is 230 g/mol. The second kappa shape index (κ2) is 5.16. The Morgan fingerprint density at radius 2 is 2.33 bits per heavy atom. The second-order valence-electron chi connectivity index (χ2n) is 4.38. The van der Waals surface area contributed by atoms with Crippen molar-refractivity contribution in [2.24, 2.45) is 0 Å². The third-order valence-electron chi connectivity index (χ3n) is 3.09. The van der Waals surface area contributed by atoms with Crippen molar-refractivity contribution < 1.29 is 9.59 Å². The zero-order chi connectivity index (χ0) is 13.1. The smallest absolute Gasteiger partial charge is 0.273 e. The zero-order valence-electron chi connectivity index (χ0n) is 10.6. The average molecular weight is 247 g/mol. The van der Waals surface area contributed by atoms with Crippen LogP contribution in [0, 0.1) is 6.92 Å². The van der Waals surface area contributed by atoms with Crippen LogP contribution in [-0.4, -0.2) is 40.8 Å². The van der Waals surface area contributed by atoms with E-state index in [9.17, 15) is 9.59 Å². The maximum absolute atomic E-state index is 12.4. The summed E-state index contributed by atoms with van der Waals surface area (Å²) in [6.45, 7) is 4.79. The summed E-state index contributed by atoms with van der Waals surface area (Å²) >= 11 is 0. The first kappa shape index (κ1) is 12.5. The number of pyridine rings is 1. The Morgan fingerprint density at radius 1 is 1.56 bits per heavy atom. The van der Waals surface area contributed by atoms with Gasteiger partial charge in [-0.2, -0.15) is 0 Å². The fourth-order valence-electron chi connectivity index (χ4n) is 2.17. The summed E-state index contributed by atoms with van der Waals surface area (Å²) in [4.78, 5) is 29.9. The van der Waals surface area contributed by atoms with Gasteiger partial charge in [-0.25, -0.2) is 4.98 Å². The van der Waals surface area contributed by atoms with Crippen molar-refractivity contribution in [2.45, 2.75) is 26.3 Å². The van der Waals surface area contributed by atoms with Gasteiger partial charge in [0, 0.05) is 18.8 Å². The summed E-state index contributed by atoms with van der Waals surface area (Å²) < 4.78 is 0. The first-order valence-corrected chi connectivity index (χ1v) is 6.16. The molecule has 1 aromatic heterocycles. The van der Waals surface area contributed by atoms with Crippen LogP contribution in [0.25, 0.3) is 0 Å². The number of hydrogen-bond acceptors (Lipinski definition) is 3. The lowest BCUT2D eigenvalue weighted by atomic mass is 10.1. The monoisotopic (exact) mass is 247 g/mol. The fraction of sp³-hybridized carbons (Fsp3) is 0.462. The summed E-state index contributed by atoms with van der Waals surface area (Å²) in [6.07, 6.45) is 0.614. The number of aromatic nitrogens is 1. The highest BCUT2D eigenvalue weighted by molar-refractivity contribution is 5.96. The molecular formula is C13H17N3O2. The number of rotatable bonds is 2. The highest BCUT2D eigenvalue weighted by Crippen LogP contribution is 2.12. The lowest BCUT2D eigenvalue weighted by Crippen LogP contribution is -2.57. The van der Waals surface area contributed by atoms with Crippen molar-refractivity contribution in [3.63, 3.8) is 0 Å². The van der Waals surface area contributed by atoms with Crippen molar-refractivity contribution in [3.8, 4) is 0 Å². The predicted octanol–water partition coefficient (Wildman–Crippen LogP) is 0.741. The Bertz CT molecular complexity index is 473. The third kappa shape index (κ3) is 2.34. The van der Waals surface area contributed by atoms with E-state index in [1.165, 1.54) is 0 Å². The van der Waals surface area contributed by atoms with Crippen LogP contribution in [0.4, 0.5) is 0 Å². The van der Waals surface area contributed by atoms with Crippen LogP contribution in [0.5, 0.6) is 0 Å². The summed E-state index contributed by atoms with van der Waals surface area (Å²) in [5.74, 6) is -0.245. The molecule has 18 heavy (non-hydrogen) atoms. The van der Waals surface area contributed by atoms with E-state index >= 15 is 0 Å². The number of amides is 2. The molecule has 5 nitrogen and oxygen atoms in total. The van der Waals surface area contributed by atoms with Crippen LogP contribution in [0.2, 0.25) is 0 Å². The van der Waals surface area contributed by atoms with E-state index in [0.29, 0.717) is 25.2 Å². The highest BCUT2D eigenvalue weighted by atomic mass is 16.2. The highest BCUT2D eigenvalue weighted by Gasteiger charge is 2.32. The number of nitrogens with zero attached hydrogens (tertiary/aromatic N) is 2. The molecule has 5 heteroatoms. The summed E-state index contributed by atoms with van der Waals surface area (Å²) in [6, 6.07) is 4.96. The van der Waals surface area contributed by atoms with Gasteiger partial charge in [0.2, 0.25) is 5.91 Å².